The van der Waals surface area contributed by atoms with E-state index in [4.69, 9.17) is 0 Å². The average Bonchev–Trinajstić information content (AvgIpc) is 2.47. The van der Waals surface area contributed by atoms with Crippen LogP contribution in [0, 0.1) is 0 Å². The molecular weight excluding hydrogens is 181 g/mol. The Bertz CT molecular complexity index is 198. The van der Waals surface area contributed by atoms with Gasteiger partial charge in [-0.05, 0) is 6.42 Å². The van der Waals surface area contributed by atoms with Crippen molar-refractivity contribution in [3.05, 3.63) is 0 Å². The number of hydrogen-bond acceptors (Lipinski definition) is 2. The van der Waals surface area contributed by atoms with Crippen LogP contribution in [-0.4, -0.2) is 36.5 Å². The van der Waals surface area contributed by atoms with Gasteiger partial charge in [-0.25, -0.2) is 0 Å². The van der Waals surface area contributed by atoms with Gasteiger partial charge >= 0.3 is 6.18 Å². The topological polar surface area (TPSA) is 15.6 Å². The lowest BCUT2D eigenvalue weighted by Gasteiger charge is -2.21. The second-order valence-electron chi connectivity index (χ2n) is 3.04. The molecule has 0 amide bonds. The molecule has 0 aliphatic carbocycles. The summed E-state index contributed by atoms with van der Waals surface area (Å²) in [5, 5.41) is 0. The van der Waals surface area contributed by atoms with Gasteiger partial charge in [0.25, 0.3) is 0 Å². The van der Waals surface area contributed by atoms with E-state index in [0.29, 0.717) is 13.1 Å². The van der Waals surface area contributed by atoms with E-state index >= 15 is 0 Å². The standard InChI is InChI=1S/C8H13F3N2/c1-2-3-5-13-6-4-12-7(13)8(9,10)11/h2-6H2,1H3. The van der Waals surface area contributed by atoms with Crippen molar-refractivity contribution in [1.29, 1.82) is 0 Å². The number of unbranched alkanes of at least 4 members (excludes halogenated alkanes) is 1. The van der Waals surface area contributed by atoms with Crippen molar-refractivity contribution in [2.24, 2.45) is 4.99 Å². The minimum Gasteiger partial charge on any atom is -0.351 e. The van der Waals surface area contributed by atoms with Gasteiger partial charge in [0.2, 0.25) is 5.84 Å². The maximum Gasteiger partial charge on any atom is 0.449 e. The highest BCUT2D eigenvalue weighted by Crippen LogP contribution is 2.22. The van der Waals surface area contributed by atoms with Gasteiger partial charge in [0, 0.05) is 13.1 Å². The van der Waals surface area contributed by atoms with E-state index in [2.05, 4.69) is 4.99 Å². The SMILES string of the molecule is CCCCN1CCN=C1C(F)(F)F. The normalized spacial score (nSPS) is 17.8. The van der Waals surface area contributed by atoms with Crippen molar-refractivity contribution in [2.75, 3.05) is 19.6 Å². The molecular formula is C8H13F3N2. The lowest BCUT2D eigenvalue weighted by molar-refractivity contribution is -0.0673. The van der Waals surface area contributed by atoms with E-state index in [0.717, 1.165) is 12.8 Å². The lowest BCUT2D eigenvalue weighted by atomic mass is 10.3. The van der Waals surface area contributed by atoms with Crippen molar-refractivity contribution in [2.45, 2.75) is 25.9 Å². The molecule has 1 rings (SSSR count). The Labute approximate surface area is 75.4 Å². The summed E-state index contributed by atoms with van der Waals surface area (Å²) in [5.74, 6) is -0.694. The van der Waals surface area contributed by atoms with Gasteiger partial charge < -0.3 is 4.90 Å². The molecule has 1 heterocycles. The number of amidine groups is 1. The fraction of sp³-hybridized carbons (Fsp3) is 0.875. The molecule has 0 saturated carbocycles. The number of hydrogen-bond donors (Lipinski definition) is 0. The van der Waals surface area contributed by atoms with Crippen molar-refractivity contribution in [1.82, 2.24) is 4.90 Å². The van der Waals surface area contributed by atoms with Crippen LogP contribution in [0.3, 0.4) is 0 Å². The first-order valence-electron chi connectivity index (χ1n) is 4.42. The Morgan fingerprint density at radius 2 is 2.15 bits per heavy atom. The average molecular weight is 194 g/mol. The van der Waals surface area contributed by atoms with Crippen LogP contribution in [0.1, 0.15) is 19.8 Å². The fourth-order valence-electron chi connectivity index (χ4n) is 1.32. The smallest absolute Gasteiger partial charge is 0.351 e. The molecule has 0 aromatic carbocycles. The second-order valence-corrected chi connectivity index (χ2v) is 3.04. The Morgan fingerprint density at radius 3 is 2.69 bits per heavy atom. The zero-order valence-corrected chi connectivity index (χ0v) is 7.56. The largest absolute Gasteiger partial charge is 0.449 e. The van der Waals surface area contributed by atoms with Gasteiger partial charge in [-0.3, -0.25) is 4.99 Å². The van der Waals surface area contributed by atoms with E-state index in [9.17, 15) is 13.2 Å². The van der Waals surface area contributed by atoms with E-state index in [1.54, 1.807) is 0 Å². The molecule has 0 saturated heterocycles. The van der Waals surface area contributed by atoms with Gasteiger partial charge in [0.1, 0.15) is 0 Å². The molecule has 5 heteroatoms. The fourth-order valence-corrected chi connectivity index (χ4v) is 1.32. The molecule has 0 spiro atoms. The number of halogens is 3. The molecule has 13 heavy (non-hydrogen) atoms. The van der Waals surface area contributed by atoms with Gasteiger partial charge in [-0.2, -0.15) is 13.2 Å². The quantitative estimate of drug-likeness (QED) is 0.671. The summed E-state index contributed by atoms with van der Waals surface area (Å²) in [4.78, 5) is 4.78. The summed E-state index contributed by atoms with van der Waals surface area (Å²) >= 11 is 0. The number of alkyl halides is 3. The number of aliphatic imine (C=N–C) groups is 1. The highest BCUT2D eigenvalue weighted by molar-refractivity contribution is 5.88. The molecule has 2 nitrogen and oxygen atoms in total. The van der Waals surface area contributed by atoms with Gasteiger partial charge in [-0.1, -0.05) is 13.3 Å². The summed E-state index contributed by atoms with van der Waals surface area (Å²) in [7, 11) is 0. The summed E-state index contributed by atoms with van der Waals surface area (Å²) < 4.78 is 36.8. The van der Waals surface area contributed by atoms with Gasteiger partial charge in [-0.15, -0.1) is 0 Å². The summed E-state index contributed by atoms with van der Waals surface area (Å²) in [6, 6.07) is 0. The van der Waals surface area contributed by atoms with Crippen LogP contribution in [0.5, 0.6) is 0 Å². The second kappa shape index (κ2) is 3.98. The third-order valence-corrected chi connectivity index (χ3v) is 1.97. The van der Waals surface area contributed by atoms with E-state index < -0.39 is 12.0 Å². The predicted molar refractivity (Wildman–Crippen MR) is 44.8 cm³/mol. The Balaban J connectivity index is 2.53. The highest BCUT2D eigenvalue weighted by Gasteiger charge is 2.41. The van der Waals surface area contributed by atoms with E-state index in [1.807, 2.05) is 6.92 Å². The Morgan fingerprint density at radius 1 is 1.46 bits per heavy atom. The van der Waals surface area contributed by atoms with Crippen LogP contribution in [-0.2, 0) is 0 Å². The molecule has 0 aromatic heterocycles. The predicted octanol–water partition coefficient (Wildman–Crippen LogP) is 2.06. The number of nitrogens with zero attached hydrogens (tertiary/aromatic N) is 2. The minimum absolute atomic E-state index is 0.276. The minimum atomic E-state index is -4.27. The van der Waals surface area contributed by atoms with Crippen molar-refractivity contribution in [3.63, 3.8) is 0 Å². The molecule has 0 atom stereocenters. The first-order chi connectivity index (χ1) is 6.05. The molecule has 0 fully saturated rings. The molecule has 1 aliphatic heterocycles. The molecule has 0 N–H and O–H groups in total. The maximum absolute atomic E-state index is 12.3. The molecule has 0 radical (unpaired) electrons. The molecule has 0 unspecified atom stereocenters. The molecule has 1 aliphatic rings. The monoisotopic (exact) mass is 194 g/mol. The zero-order chi connectivity index (χ0) is 9.90. The third kappa shape index (κ3) is 2.60. The van der Waals surface area contributed by atoms with Gasteiger partial charge in [0.15, 0.2) is 0 Å². The first-order valence-corrected chi connectivity index (χ1v) is 4.42. The van der Waals surface area contributed by atoms with Crippen LogP contribution in [0.15, 0.2) is 4.99 Å². The zero-order valence-electron chi connectivity index (χ0n) is 7.56. The molecule has 0 bridgehead atoms. The molecule has 76 valence electrons. The first kappa shape index (κ1) is 10.3. The highest BCUT2D eigenvalue weighted by atomic mass is 19.4. The Hall–Kier alpha value is -0.740. The summed E-state index contributed by atoms with van der Waals surface area (Å²) in [6.45, 7) is 3.11. The van der Waals surface area contributed by atoms with Crippen molar-refractivity contribution >= 4 is 5.84 Å². The lowest BCUT2D eigenvalue weighted by Crippen LogP contribution is -2.38. The van der Waals surface area contributed by atoms with Crippen LogP contribution in [0.4, 0.5) is 13.2 Å². The molecule has 0 aromatic rings. The maximum atomic E-state index is 12.3. The third-order valence-electron chi connectivity index (χ3n) is 1.97. The summed E-state index contributed by atoms with van der Waals surface area (Å²) in [5.41, 5.74) is 0. The van der Waals surface area contributed by atoms with E-state index in [-0.39, 0.29) is 6.54 Å². The van der Waals surface area contributed by atoms with Crippen molar-refractivity contribution in [3.8, 4) is 0 Å². The van der Waals surface area contributed by atoms with Gasteiger partial charge in [0.05, 0.1) is 6.54 Å². The van der Waals surface area contributed by atoms with Crippen LogP contribution >= 0.6 is 0 Å². The number of rotatable bonds is 3. The van der Waals surface area contributed by atoms with E-state index in [1.165, 1.54) is 4.90 Å². The summed E-state index contributed by atoms with van der Waals surface area (Å²) in [6.07, 6.45) is -2.58. The Kier molecular flexibility index (Phi) is 3.17. The van der Waals surface area contributed by atoms with Crippen LogP contribution in [0.2, 0.25) is 0 Å². The van der Waals surface area contributed by atoms with Crippen LogP contribution < -0.4 is 0 Å². The van der Waals surface area contributed by atoms with Crippen molar-refractivity contribution < 1.29 is 13.2 Å². The van der Waals surface area contributed by atoms with Crippen LogP contribution in [0.25, 0.3) is 0 Å².